The first-order chi connectivity index (χ1) is 7.27. The van der Waals surface area contributed by atoms with Gasteiger partial charge in [0.25, 0.3) is 0 Å². The van der Waals surface area contributed by atoms with Crippen molar-refractivity contribution in [3.8, 4) is 0 Å². The largest absolute Gasteiger partial charge is 0.373 e. The molecule has 2 aromatic rings. The van der Waals surface area contributed by atoms with Crippen LogP contribution < -0.4 is 0 Å². The number of likely N-dealkylation sites (N-methyl/N-ethyl adjacent to an activating group) is 1. The molecule has 1 atom stereocenters. The first-order valence-electron chi connectivity index (χ1n) is 5.25. The zero-order valence-electron chi connectivity index (χ0n) is 8.70. The van der Waals surface area contributed by atoms with E-state index in [1.54, 1.807) is 0 Å². The number of para-hydroxylation sites is 1. The molecule has 1 aromatic heterocycles. The van der Waals surface area contributed by atoms with Crippen LogP contribution in [0.25, 0.3) is 10.9 Å². The standard InChI is InChI=1S/C12H14N2O/c1-14-7-6-9-8-4-2-3-5-10(8)13-11(9)12(14)15/h2-5,12-13,15H,6-7H2,1H3. The molecule has 2 heterocycles. The van der Waals surface area contributed by atoms with Crippen LogP contribution in [0.2, 0.25) is 0 Å². The fourth-order valence-electron chi connectivity index (χ4n) is 2.34. The second-order valence-corrected chi connectivity index (χ2v) is 4.17. The fourth-order valence-corrected chi connectivity index (χ4v) is 2.34. The number of fused-ring (bicyclic) bond motifs is 3. The van der Waals surface area contributed by atoms with Gasteiger partial charge in [0.2, 0.25) is 0 Å². The SMILES string of the molecule is CN1CCc2c([nH]c3ccccc23)C1O. The summed E-state index contributed by atoms with van der Waals surface area (Å²) >= 11 is 0. The first kappa shape index (κ1) is 8.95. The van der Waals surface area contributed by atoms with Crippen LogP contribution in [0.5, 0.6) is 0 Å². The fraction of sp³-hybridized carbons (Fsp3) is 0.333. The number of hydrogen-bond donors (Lipinski definition) is 2. The molecule has 1 aliphatic heterocycles. The summed E-state index contributed by atoms with van der Waals surface area (Å²) in [5, 5.41) is 11.3. The highest BCUT2D eigenvalue weighted by atomic mass is 16.3. The minimum Gasteiger partial charge on any atom is -0.373 e. The number of nitrogens with zero attached hydrogens (tertiary/aromatic N) is 1. The van der Waals surface area contributed by atoms with E-state index >= 15 is 0 Å². The van der Waals surface area contributed by atoms with Gasteiger partial charge in [-0.15, -0.1) is 0 Å². The van der Waals surface area contributed by atoms with Crippen LogP contribution in [-0.4, -0.2) is 28.6 Å². The molecule has 0 bridgehead atoms. The summed E-state index contributed by atoms with van der Waals surface area (Å²) in [4.78, 5) is 5.26. The number of hydrogen-bond acceptors (Lipinski definition) is 2. The van der Waals surface area contributed by atoms with Crippen molar-refractivity contribution in [1.82, 2.24) is 9.88 Å². The predicted molar refractivity (Wildman–Crippen MR) is 59.6 cm³/mol. The van der Waals surface area contributed by atoms with E-state index in [9.17, 15) is 5.11 Å². The van der Waals surface area contributed by atoms with Crippen molar-refractivity contribution in [1.29, 1.82) is 0 Å². The van der Waals surface area contributed by atoms with E-state index in [4.69, 9.17) is 0 Å². The molecule has 0 spiro atoms. The van der Waals surface area contributed by atoms with E-state index in [2.05, 4.69) is 17.1 Å². The van der Waals surface area contributed by atoms with Crippen LogP contribution in [-0.2, 0) is 6.42 Å². The number of nitrogens with one attached hydrogen (secondary N) is 1. The summed E-state index contributed by atoms with van der Waals surface area (Å²) in [6.45, 7) is 0.913. The molecule has 0 aliphatic carbocycles. The van der Waals surface area contributed by atoms with E-state index < -0.39 is 6.23 Å². The second kappa shape index (κ2) is 3.08. The van der Waals surface area contributed by atoms with Crippen molar-refractivity contribution in [3.05, 3.63) is 35.5 Å². The molecule has 78 valence electrons. The lowest BCUT2D eigenvalue weighted by atomic mass is 10.0. The maximum Gasteiger partial charge on any atom is 0.148 e. The zero-order chi connectivity index (χ0) is 10.4. The van der Waals surface area contributed by atoms with Crippen molar-refractivity contribution < 1.29 is 5.11 Å². The van der Waals surface area contributed by atoms with Crippen LogP contribution in [0.3, 0.4) is 0 Å². The number of aliphatic hydroxyl groups excluding tert-OH is 1. The summed E-state index contributed by atoms with van der Waals surface area (Å²) in [6, 6.07) is 8.23. The Morgan fingerprint density at radius 1 is 1.40 bits per heavy atom. The monoisotopic (exact) mass is 202 g/mol. The lowest BCUT2D eigenvalue weighted by Gasteiger charge is -2.28. The van der Waals surface area contributed by atoms with Gasteiger partial charge in [0, 0.05) is 17.4 Å². The number of H-pyrrole nitrogens is 1. The van der Waals surface area contributed by atoms with E-state index in [1.807, 2.05) is 24.1 Å². The molecule has 1 unspecified atom stereocenters. The molecule has 0 fully saturated rings. The molecule has 3 heteroatoms. The molecular formula is C12H14N2O. The highest BCUT2D eigenvalue weighted by Gasteiger charge is 2.25. The number of rotatable bonds is 0. The molecule has 3 rings (SSSR count). The van der Waals surface area contributed by atoms with Crippen molar-refractivity contribution >= 4 is 10.9 Å². The van der Waals surface area contributed by atoms with Gasteiger partial charge < -0.3 is 10.1 Å². The summed E-state index contributed by atoms with van der Waals surface area (Å²) in [6.07, 6.45) is 0.522. The molecule has 1 aliphatic rings. The Kier molecular flexibility index (Phi) is 1.84. The van der Waals surface area contributed by atoms with Gasteiger partial charge in [0.05, 0.1) is 5.69 Å². The maximum absolute atomic E-state index is 10.0. The Balaban J connectivity index is 2.26. The van der Waals surface area contributed by atoms with Crippen LogP contribution in [0.15, 0.2) is 24.3 Å². The highest BCUT2D eigenvalue weighted by molar-refractivity contribution is 5.85. The highest BCUT2D eigenvalue weighted by Crippen LogP contribution is 2.31. The van der Waals surface area contributed by atoms with Gasteiger partial charge >= 0.3 is 0 Å². The Morgan fingerprint density at radius 3 is 3.07 bits per heavy atom. The summed E-state index contributed by atoms with van der Waals surface area (Å²) in [7, 11) is 1.94. The maximum atomic E-state index is 10.0. The van der Waals surface area contributed by atoms with Crippen LogP contribution >= 0.6 is 0 Å². The lowest BCUT2D eigenvalue weighted by Crippen LogP contribution is -2.31. The van der Waals surface area contributed by atoms with E-state index in [-0.39, 0.29) is 0 Å². The Labute approximate surface area is 88.3 Å². The van der Waals surface area contributed by atoms with Crippen LogP contribution in [0, 0.1) is 0 Å². The molecule has 15 heavy (non-hydrogen) atoms. The van der Waals surface area contributed by atoms with Gasteiger partial charge in [-0.25, -0.2) is 0 Å². The molecule has 2 N–H and O–H groups in total. The van der Waals surface area contributed by atoms with Crippen LogP contribution in [0.4, 0.5) is 0 Å². The molecule has 3 nitrogen and oxygen atoms in total. The van der Waals surface area contributed by atoms with Gasteiger partial charge in [-0.2, -0.15) is 0 Å². The summed E-state index contributed by atoms with van der Waals surface area (Å²) < 4.78 is 0. The number of benzene rings is 1. The number of aromatic nitrogens is 1. The van der Waals surface area contributed by atoms with Gasteiger partial charge in [0.1, 0.15) is 6.23 Å². The van der Waals surface area contributed by atoms with Gasteiger partial charge in [-0.05, 0) is 25.1 Å². The molecule has 1 aromatic carbocycles. The van der Waals surface area contributed by atoms with Gasteiger partial charge in [-0.1, -0.05) is 18.2 Å². The Hall–Kier alpha value is -1.32. The number of aliphatic hydroxyl groups is 1. The van der Waals surface area contributed by atoms with Crippen molar-refractivity contribution in [3.63, 3.8) is 0 Å². The number of aromatic amines is 1. The second-order valence-electron chi connectivity index (χ2n) is 4.17. The van der Waals surface area contributed by atoms with Crippen molar-refractivity contribution in [2.45, 2.75) is 12.6 Å². The van der Waals surface area contributed by atoms with Gasteiger partial charge in [0.15, 0.2) is 0 Å². The molecule has 0 saturated heterocycles. The minimum atomic E-state index is -0.485. The average Bonchev–Trinajstić information content (AvgIpc) is 2.63. The summed E-state index contributed by atoms with van der Waals surface area (Å²) in [5.74, 6) is 0. The average molecular weight is 202 g/mol. The first-order valence-corrected chi connectivity index (χ1v) is 5.25. The van der Waals surface area contributed by atoms with E-state index in [0.717, 1.165) is 24.2 Å². The van der Waals surface area contributed by atoms with Gasteiger partial charge in [-0.3, -0.25) is 4.90 Å². The Morgan fingerprint density at radius 2 is 2.20 bits per heavy atom. The quantitative estimate of drug-likeness (QED) is 0.681. The smallest absolute Gasteiger partial charge is 0.148 e. The third-order valence-electron chi connectivity index (χ3n) is 3.24. The van der Waals surface area contributed by atoms with Crippen molar-refractivity contribution in [2.24, 2.45) is 0 Å². The summed E-state index contributed by atoms with van der Waals surface area (Å²) in [5.41, 5.74) is 3.36. The van der Waals surface area contributed by atoms with Crippen LogP contribution in [0.1, 0.15) is 17.5 Å². The topological polar surface area (TPSA) is 39.3 Å². The minimum absolute atomic E-state index is 0.485. The molecule has 0 radical (unpaired) electrons. The normalized spacial score (nSPS) is 21.9. The lowest BCUT2D eigenvalue weighted by molar-refractivity contribution is 0.0100. The third kappa shape index (κ3) is 1.20. The third-order valence-corrected chi connectivity index (χ3v) is 3.24. The molecular weight excluding hydrogens is 188 g/mol. The van der Waals surface area contributed by atoms with E-state index in [1.165, 1.54) is 10.9 Å². The van der Waals surface area contributed by atoms with Crippen molar-refractivity contribution in [2.75, 3.05) is 13.6 Å². The predicted octanol–water partition coefficient (Wildman–Crippen LogP) is 1.65. The molecule has 0 amide bonds. The molecule has 0 saturated carbocycles. The Bertz CT molecular complexity index is 503. The zero-order valence-corrected chi connectivity index (χ0v) is 8.70. The van der Waals surface area contributed by atoms with E-state index in [0.29, 0.717) is 0 Å².